The van der Waals surface area contributed by atoms with Crippen molar-refractivity contribution < 1.29 is 5.11 Å². The average Bonchev–Trinajstić information content (AvgIpc) is 3.01. The van der Waals surface area contributed by atoms with Crippen molar-refractivity contribution in [3.05, 3.63) is 16.4 Å². The Morgan fingerprint density at radius 1 is 1.50 bits per heavy atom. The van der Waals surface area contributed by atoms with Crippen molar-refractivity contribution in [1.29, 1.82) is 0 Å². The van der Waals surface area contributed by atoms with Crippen molar-refractivity contribution in [3.8, 4) is 0 Å². The van der Waals surface area contributed by atoms with Crippen molar-refractivity contribution in [2.24, 2.45) is 5.92 Å². The van der Waals surface area contributed by atoms with Crippen LogP contribution < -0.4 is 0 Å². The van der Waals surface area contributed by atoms with E-state index < -0.39 is 0 Å². The summed E-state index contributed by atoms with van der Waals surface area (Å²) in [6, 6.07) is 0. The number of hydrogen-bond acceptors (Lipinski definition) is 2. The molecular weight excluding hydrogens is 224 g/mol. The van der Waals surface area contributed by atoms with Crippen LogP contribution in [-0.4, -0.2) is 14.9 Å². The van der Waals surface area contributed by atoms with Crippen LogP contribution in [0, 0.1) is 5.92 Å². The molecule has 0 spiro atoms. The van der Waals surface area contributed by atoms with Crippen molar-refractivity contribution in [3.63, 3.8) is 0 Å². The Labute approximate surface area is 101 Å². The first-order valence-electron chi connectivity index (χ1n) is 5.99. The molecule has 4 heteroatoms. The summed E-state index contributed by atoms with van der Waals surface area (Å²) in [6.07, 6.45) is 3.44. The standard InChI is InChI=1S/C12H19ClN2O/c1-8(2)5-6-15-12(13)10(7-16)11(14-15)9-3-4-9/h8-9,16H,3-7H2,1-2H3. The second kappa shape index (κ2) is 4.76. The number of aliphatic hydroxyl groups is 1. The second-order valence-corrected chi connectivity index (χ2v) is 5.35. The first-order valence-corrected chi connectivity index (χ1v) is 6.37. The highest BCUT2D eigenvalue weighted by Gasteiger charge is 2.30. The molecule has 2 rings (SSSR count). The summed E-state index contributed by atoms with van der Waals surface area (Å²) in [5.74, 6) is 1.18. The zero-order valence-electron chi connectivity index (χ0n) is 9.91. The number of hydrogen-bond donors (Lipinski definition) is 1. The van der Waals surface area contributed by atoms with E-state index in [4.69, 9.17) is 11.6 Å². The Morgan fingerprint density at radius 2 is 2.19 bits per heavy atom. The number of aliphatic hydroxyl groups excluding tert-OH is 1. The summed E-state index contributed by atoms with van der Waals surface area (Å²) < 4.78 is 1.85. The fourth-order valence-electron chi connectivity index (χ4n) is 1.86. The molecule has 0 bridgehead atoms. The molecule has 0 unspecified atom stereocenters. The molecule has 1 fully saturated rings. The molecule has 0 amide bonds. The molecule has 0 atom stereocenters. The molecule has 16 heavy (non-hydrogen) atoms. The van der Waals surface area contributed by atoms with Crippen molar-refractivity contribution >= 4 is 11.6 Å². The zero-order chi connectivity index (χ0) is 11.7. The molecular formula is C12H19ClN2O. The predicted molar refractivity (Wildman–Crippen MR) is 64.6 cm³/mol. The van der Waals surface area contributed by atoms with E-state index in [1.54, 1.807) is 0 Å². The molecule has 1 aromatic rings. The van der Waals surface area contributed by atoms with Crippen molar-refractivity contribution in [1.82, 2.24) is 9.78 Å². The van der Waals surface area contributed by atoms with Gasteiger partial charge in [-0.2, -0.15) is 5.10 Å². The highest BCUT2D eigenvalue weighted by Crippen LogP contribution is 2.42. The minimum absolute atomic E-state index is 0.00629. The summed E-state index contributed by atoms with van der Waals surface area (Å²) in [5, 5.41) is 14.5. The second-order valence-electron chi connectivity index (χ2n) is 4.99. The summed E-state index contributed by atoms with van der Waals surface area (Å²) in [5.41, 5.74) is 1.86. The lowest BCUT2D eigenvalue weighted by Crippen LogP contribution is -2.03. The van der Waals surface area contributed by atoms with Gasteiger partial charge < -0.3 is 5.11 Å². The third-order valence-electron chi connectivity index (χ3n) is 3.05. The van der Waals surface area contributed by atoms with Crippen LogP contribution in [0.5, 0.6) is 0 Å². The molecule has 1 aliphatic rings. The highest BCUT2D eigenvalue weighted by molar-refractivity contribution is 6.30. The number of rotatable bonds is 5. The van der Waals surface area contributed by atoms with E-state index in [1.807, 2.05) is 4.68 Å². The molecule has 0 aliphatic heterocycles. The maximum Gasteiger partial charge on any atom is 0.132 e. The lowest BCUT2D eigenvalue weighted by Gasteiger charge is -2.05. The number of nitrogens with zero attached hydrogens (tertiary/aromatic N) is 2. The maximum atomic E-state index is 9.33. The van der Waals surface area contributed by atoms with Gasteiger partial charge in [0, 0.05) is 18.0 Å². The SMILES string of the molecule is CC(C)CCn1nc(C2CC2)c(CO)c1Cl. The van der Waals surface area contributed by atoms with Crippen LogP contribution in [-0.2, 0) is 13.2 Å². The lowest BCUT2D eigenvalue weighted by atomic mass is 10.1. The average molecular weight is 243 g/mol. The first-order chi connectivity index (χ1) is 7.63. The van der Waals surface area contributed by atoms with Crippen LogP contribution in [0.4, 0.5) is 0 Å². The number of halogens is 1. The van der Waals surface area contributed by atoms with Gasteiger partial charge in [0.2, 0.25) is 0 Å². The Hall–Kier alpha value is -0.540. The Balaban J connectivity index is 2.18. The maximum absolute atomic E-state index is 9.33. The topological polar surface area (TPSA) is 38.0 Å². The van der Waals surface area contributed by atoms with Crippen LogP contribution in [0.25, 0.3) is 0 Å². The molecule has 1 aliphatic carbocycles. The van der Waals surface area contributed by atoms with E-state index in [0.717, 1.165) is 24.2 Å². The first kappa shape index (κ1) is 11.9. The Morgan fingerprint density at radius 3 is 2.69 bits per heavy atom. The third-order valence-corrected chi connectivity index (χ3v) is 3.48. The van der Waals surface area contributed by atoms with E-state index in [2.05, 4.69) is 18.9 Å². The molecule has 1 N–H and O–H groups in total. The summed E-state index contributed by atoms with van der Waals surface area (Å²) >= 11 is 6.23. The van der Waals surface area contributed by atoms with Crippen LogP contribution >= 0.6 is 11.6 Å². The van der Waals surface area contributed by atoms with Gasteiger partial charge in [-0.15, -0.1) is 0 Å². The summed E-state index contributed by atoms with van der Waals surface area (Å²) in [7, 11) is 0. The normalized spacial score (nSPS) is 16.1. The van der Waals surface area contributed by atoms with E-state index in [1.165, 1.54) is 12.8 Å². The Bertz CT molecular complexity index is 369. The smallest absolute Gasteiger partial charge is 0.132 e. The van der Waals surface area contributed by atoms with Gasteiger partial charge in [-0.05, 0) is 25.2 Å². The minimum Gasteiger partial charge on any atom is -0.391 e. The van der Waals surface area contributed by atoms with Gasteiger partial charge in [0.05, 0.1) is 12.3 Å². The minimum atomic E-state index is 0.00629. The predicted octanol–water partition coefficient (Wildman–Crippen LogP) is 2.95. The van der Waals surface area contributed by atoms with E-state index >= 15 is 0 Å². The quantitative estimate of drug-likeness (QED) is 0.862. The molecule has 90 valence electrons. The molecule has 0 aromatic carbocycles. The largest absolute Gasteiger partial charge is 0.391 e. The van der Waals surface area contributed by atoms with Crippen LogP contribution in [0.15, 0.2) is 0 Å². The molecule has 0 radical (unpaired) electrons. The molecule has 1 saturated carbocycles. The molecule has 0 saturated heterocycles. The van der Waals surface area contributed by atoms with E-state index in [0.29, 0.717) is 17.0 Å². The lowest BCUT2D eigenvalue weighted by molar-refractivity contribution is 0.280. The van der Waals surface area contributed by atoms with Gasteiger partial charge in [-0.25, -0.2) is 0 Å². The monoisotopic (exact) mass is 242 g/mol. The molecule has 3 nitrogen and oxygen atoms in total. The fourth-order valence-corrected chi connectivity index (χ4v) is 2.13. The van der Waals surface area contributed by atoms with Crippen LogP contribution in [0.3, 0.4) is 0 Å². The van der Waals surface area contributed by atoms with Crippen LogP contribution in [0.1, 0.15) is 50.3 Å². The number of aryl methyl sites for hydroxylation is 1. The third kappa shape index (κ3) is 2.41. The van der Waals surface area contributed by atoms with Gasteiger partial charge in [0.25, 0.3) is 0 Å². The number of aromatic nitrogens is 2. The van der Waals surface area contributed by atoms with E-state index in [-0.39, 0.29) is 6.61 Å². The van der Waals surface area contributed by atoms with E-state index in [9.17, 15) is 5.11 Å². The zero-order valence-corrected chi connectivity index (χ0v) is 10.7. The van der Waals surface area contributed by atoms with Gasteiger partial charge in [-0.1, -0.05) is 25.4 Å². The van der Waals surface area contributed by atoms with Gasteiger partial charge in [0.1, 0.15) is 5.15 Å². The van der Waals surface area contributed by atoms with Crippen molar-refractivity contribution in [2.75, 3.05) is 0 Å². The van der Waals surface area contributed by atoms with Crippen LogP contribution in [0.2, 0.25) is 5.15 Å². The van der Waals surface area contributed by atoms with Gasteiger partial charge in [-0.3, -0.25) is 4.68 Å². The molecule has 1 heterocycles. The fraction of sp³-hybridized carbons (Fsp3) is 0.750. The summed E-state index contributed by atoms with van der Waals surface area (Å²) in [6.45, 7) is 5.22. The van der Waals surface area contributed by atoms with Gasteiger partial charge >= 0.3 is 0 Å². The Kier molecular flexibility index (Phi) is 3.55. The highest BCUT2D eigenvalue weighted by atomic mass is 35.5. The van der Waals surface area contributed by atoms with Crippen molar-refractivity contribution in [2.45, 2.75) is 52.2 Å². The van der Waals surface area contributed by atoms with Gasteiger partial charge in [0.15, 0.2) is 0 Å². The summed E-state index contributed by atoms with van der Waals surface area (Å²) in [4.78, 5) is 0. The molecule has 1 aromatic heterocycles.